The first kappa shape index (κ1) is 22.4. The van der Waals surface area contributed by atoms with Crippen LogP contribution in [0.15, 0.2) is 59.8 Å². The highest BCUT2D eigenvalue weighted by Gasteiger charge is 2.26. The lowest BCUT2D eigenvalue weighted by molar-refractivity contribution is -0.129. The summed E-state index contributed by atoms with van der Waals surface area (Å²) in [6.45, 7) is 9.96. The Labute approximate surface area is 194 Å². The third-order valence-electron chi connectivity index (χ3n) is 5.95. The van der Waals surface area contributed by atoms with E-state index in [0.717, 1.165) is 61.3 Å². The van der Waals surface area contributed by atoms with Gasteiger partial charge in [-0.3, -0.25) is 9.36 Å². The molecule has 2 heterocycles. The van der Waals surface area contributed by atoms with Crippen molar-refractivity contribution in [3.8, 4) is 17.1 Å². The van der Waals surface area contributed by atoms with E-state index in [2.05, 4.69) is 57.8 Å². The van der Waals surface area contributed by atoms with E-state index >= 15 is 0 Å². The maximum Gasteiger partial charge on any atom is 0.235 e. The number of rotatable bonds is 8. The first-order valence-corrected chi connectivity index (χ1v) is 12.3. The van der Waals surface area contributed by atoms with Crippen LogP contribution in [0.25, 0.3) is 17.1 Å². The van der Waals surface area contributed by atoms with Crippen LogP contribution in [-0.4, -0.2) is 57.0 Å². The normalized spacial score (nSPS) is 14.5. The Morgan fingerprint density at radius 2 is 1.66 bits per heavy atom. The fourth-order valence-corrected chi connectivity index (χ4v) is 5.11. The topological polar surface area (TPSA) is 54.3 Å². The molecule has 1 aromatic heterocycles. The molecule has 2 aromatic carbocycles. The first-order chi connectivity index (χ1) is 15.6. The van der Waals surface area contributed by atoms with Gasteiger partial charge < -0.3 is 9.80 Å². The van der Waals surface area contributed by atoms with Crippen molar-refractivity contribution in [3.05, 3.63) is 54.6 Å². The highest BCUT2D eigenvalue weighted by atomic mass is 32.2. The van der Waals surface area contributed by atoms with Crippen LogP contribution < -0.4 is 4.90 Å². The first-order valence-electron chi connectivity index (χ1n) is 11.4. The largest absolute Gasteiger partial charge is 0.372 e. The predicted molar refractivity (Wildman–Crippen MR) is 131 cm³/mol. The molecule has 1 fully saturated rings. The summed E-state index contributed by atoms with van der Waals surface area (Å²) in [5.74, 6) is 0.964. The van der Waals surface area contributed by atoms with Crippen LogP contribution in [0.1, 0.15) is 33.6 Å². The summed E-state index contributed by atoms with van der Waals surface area (Å²) in [6.07, 6.45) is 2.19. The SMILES string of the molecule is CCN(CC)c1ccc(-c2nnc(SC(C)C(=O)N3CCCC3)n2-c2ccccc2)cc1. The molecular weight excluding hydrogens is 418 g/mol. The lowest BCUT2D eigenvalue weighted by Crippen LogP contribution is -2.34. The zero-order chi connectivity index (χ0) is 22.5. The number of aromatic nitrogens is 3. The molecule has 4 rings (SSSR count). The molecule has 1 atom stereocenters. The number of thioether (sulfide) groups is 1. The Morgan fingerprint density at radius 1 is 1.00 bits per heavy atom. The second-order valence-electron chi connectivity index (χ2n) is 7.99. The van der Waals surface area contributed by atoms with Gasteiger partial charge in [-0.2, -0.15) is 0 Å². The summed E-state index contributed by atoms with van der Waals surface area (Å²) < 4.78 is 2.06. The molecule has 0 spiro atoms. The number of carbonyl (C=O) groups excluding carboxylic acids is 1. The van der Waals surface area contributed by atoms with Gasteiger partial charge in [-0.25, -0.2) is 0 Å². The molecule has 1 aliphatic rings. The number of benzene rings is 2. The molecular formula is C25H31N5OS. The standard InChI is InChI=1S/C25H31N5OS/c1-4-28(5-2)21-15-13-20(14-16-21)23-26-27-25(30(23)22-11-7-6-8-12-22)32-19(3)24(31)29-17-9-10-18-29/h6-8,11-16,19H,4-5,9-10,17-18H2,1-3H3. The fraction of sp³-hybridized carbons (Fsp3) is 0.400. The van der Waals surface area contributed by atoms with Gasteiger partial charge in [-0.1, -0.05) is 30.0 Å². The highest BCUT2D eigenvalue weighted by Crippen LogP contribution is 2.32. The van der Waals surface area contributed by atoms with Crippen molar-refractivity contribution in [3.63, 3.8) is 0 Å². The van der Waals surface area contributed by atoms with E-state index in [4.69, 9.17) is 0 Å². The maximum absolute atomic E-state index is 12.9. The molecule has 0 N–H and O–H groups in total. The van der Waals surface area contributed by atoms with Crippen LogP contribution in [-0.2, 0) is 4.79 Å². The molecule has 1 amide bonds. The molecule has 1 aliphatic heterocycles. The van der Waals surface area contributed by atoms with Crippen molar-refractivity contribution in [2.24, 2.45) is 0 Å². The van der Waals surface area contributed by atoms with Crippen LogP contribution in [0.5, 0.6) is 0 Å². The molecule has 1 saturated heterocycles. The monoisotopic (exact) mass is 449 g/mol. The summed E-state index contributed by atoms with van der Waals surface area (Å²) in [6, 6.07) is 18.6. The molecule has 0 radical (unpaired) electrons. The Kier molecular flexibility index (Phi) is 7.15. The van der Waals surface area contributed by atoms with Crippen molar-refractivity contribution >= 4 is 23.4 Å². The molecule has 1 unspecified atom stereocenters. The van der Waals surface area contributed by atoms with Gasteiger partial charge in [-0.05, 0) is 70.0 Å². The average molecular weight is 450 g/mol. The van der Waals surface area contributed by atoms with Crippen LogP contribution in [0.2, 0.25) is 0 Å². The molecule has 0 saturated carbocycles. The van der Waals surface area contributed by atoms with Gasteiger partial charge in [0.1, 0.15) is 0 Å². The number of hydrogen-bond acceptors (Lipinski definition) is 5. The Balaban J connectivity index is 1.66. The molecule has 168 valence electrons. The van der Waals surface area contributed by atoms with Gasteiger partial charge in [-0.15, -0.1) is 10.2 Å². The molecule has 0 bridgehead atoms. The second-order valence-corrected chi connectivity index (χ2v) is 9.30. The van der Waals surface area contributed by atoms with Crippen LogP contribution >= 0.6 is 11.8 Å². The minimum Gasteiger partial charge on any atom is -0.372 e. The molecule has 32 heavy (non-hydrogen) atoms. The summed E-state index contributed by atoms with van der Waals surface area (Å²) in [4.78, 5) is 17.2. The van der Waals surface area contributed by atoms with E-state index in [1.54, 1.807) is 0 Å². The zero-order valence-corrected chi connectivity index (χ0v) is 19.9. The van der Waals surface area contributed by atoms with Crippen LogP contribution in [0.4, 0.5) is 5.69 Å². The van der Waals surface area contributed by atoms with E-state index in [1.165, 1.54) is 17.4 Å². The van der Waals surface area contributed by atoms with Crippen molar-refractivity contribution in [1.82, 2.24) is 19.7 Å². The van der Waals surface area contributed by atoms with E-state index in [9.17, 15) is 4.79 Å². The van der Waals surface area contributed by atoms with Gasteiger partial charge in [0.2, 0.25) is 5.91 Å². The van der Waals surface area contributed by atoms with E-state index in [-0.39, 0.29) is 11.2 Å². The van der Waals surface area contributed by atoms with Gasteiger partial charge in [0.25, 0.3) is 0 Å². The van der Waals surface area contributed by atoms with Crippen LogP contribution in [0, 0.1) is 0 Å². The average Bonchev–Trinajstić information content (AvgIpc) is 3.51. The number of likely N-dealkylation sites (tertiary alicyclic amines) is 1. The second kappa shape index (κ2) is 10.2. The number of hydrogen-bond donors (Lipinski definition) is 0. The Bertz CT molecular complexity index is 1020. The molecule has 6 nitrogen and oxygen atoms in total. The van der Waals surface area contributed by atoms with E-state index in [1.807, 2.05) is 42.2 Å². The van der Waals surface area contributed by atoms with Gasteiger partial charge in [0, 0.05) is 43.1 Å². The number of carbonyl (C=O) groups is 1. The Morgan fingerprint density at radius 3 is 2.28 bits per heavy atom. The van der Waals surface area contributed by atoms with Crippen molar-refractivity contribution in [1.29, 1.82) is 0 Å². The molecule has 3 aromatic rings. The summed E-state index contributed by atoms with van der Waals surface area (Å²) >= 11 is 1.48. The summed E-state index contributed by atoms with van der Waals surface area (Å²) in [5.41, 5.74) is 3.19. The van der Waals surface area contributed by atoms with Gasteiger partial charge >= 0.3 is 0 Å². The third-order valence-corrected chi connectivity index (χ3v) is 6.98. The zero-order valence-electron chi connectivity index (χ0n) is 19.1. The van der Waals surface area contributed by atoms with E-state index in [0.29, 0.717) is 0 Å². The summed E-state index contributed by atoms with van der Waals surface area (Å²) in [5, 5.41) is 9.57. The lowest BCUT2D eigenvalue weighted by atomic mass is 10.1. The van der Waals surface area contributed by atoms with Crippen LogP contribution in [0.3, 0.4) is 0 Å². The number of anilines is 1. The molecule has 7 heteroatoms. The maximum atomic E-state index is 12.9. The van der Waals surface area contributed by atoms with Crippen molar-refractivity contribution in [2.45, 2.75) is 44.0 Å². The molecule has 0 aliphatic carbocycles. The third kappa shape index (κ3) is 4.67. The number of para-hydroxylation sites is 1. The highest BCUT2D eigenvalue weighted by molar-refractivity contribution is 8.00. The number of nitrogens with zero attached hydrogens (tertiary/aromatic N) is 5. The van der Waals surface area contributed by atoms with Crippen molar-refractivity contribution in [2.75, 3.05) is 31.1 Å². The smallest absolute Gasteiger partial charge is 0.235 e. The fourth-order valence-electron chi connectivity index (χ4n) is 4.16. The van der Waals surface area contributed by atoms with Gasteiger partial charge in [0.15, 0.2) is 11.0 Å². The summed E-state index contributed by atoms with van der Waals surface area (Å²) in [7, 11) is 0. The number of amides is 1. The lowest BCUT2D eigenvalue weighted by Gasteiger charge is -2.21. The van der Waals surface area contributed by atoms with Crippen molar-refractivity contribution < 1.29 is 4.79 Å². The predicted octanol–water partition coefficient (Wildman–Crippen LogP) is 4.88. The van der Waals surface area contributed by atoms with Gasteiger partial charge in [0.05, 0.1) is 5.25 Å². The Hall–Kier alpha value is -2.80. The quantitative estimate of drug-likeness (QED) is 0.459. The minimum absolute atomic E-state index is 0.181. The van der Waals surface area contributed by atoms with E-state index < -0.39 is 0 Å². The minimum atomic E-state index is -0.211.